The van der Waals surface area contributed by atoms with Gasteiger partial charge in [0.2, 0.25) is 10.4 Å². The zero-order chi connectivity index (χ0) is 13.9. The average Bonchev–Trinajstić information content (AvgIpc) is 2.88. The number of aromatic amines is 1. The van der Waals surface area contributed by atoms with Gasteiger partial charge in [-0.3, -0.25) is 0 Å². The Labute approximate surface area is 122 Å². The molecule has 20 heavy (non-hydrogen) atoms. The molecule has 0 unspecified atom stereocenters. The summed E-state index contributed by atoms with van der Waals surface area (Å²) in [5.74, 6) is 0. The first-order chi connectivity index (χ1) is 9.76. The van der Waals surface area contributed by atoms with Crippen molar-refractivity contribution in [3.8, 4) is 6.01 Å². The molecule has 0 aliphatic carbocycles. The van der Waals surface area contributed by atoms with Gasteiger partial charge in [-0.25, -0.2) is 15.0 Å². The number of hydrogen-bond donors (Lipinski definition) is 1. The smallest absolute Gasteiger partial charge is 0.321 e. The lowest BCUT2D eigenvalue weighted by Gasteiger charge is -2.03. The summed E-state index contributed by atoms with van der Waals surface area (Å²) in [4.78, 5) is 27.3. The molecule has 0 fully saturated rings. The molecule has 0 aliphatic rings. The number of nitrogens with zero attached hydrogens (tertiary/aromatic N) is 6. The summed E-state index contributed by atoms with van der Waals surface area (Å²) in [7, 11) is 0. The van der Waals surface area contributed by atoms with E-state index in [1.165, 1.54) is 18.1 Å². The summed E-state index contributed by atoms with van der Waals surface area (Å²) in [5.41, 5.74) is 1.29. The lowest BCUT2D eigenvalue weighted by molar-refractivity contribution is 0.307. The van der Waals surface area contributed by atoms with Gasteiger partial charge >= 0.3 is 6.01 Å². The van der Waals surface area contributed by atoms with Gasteiger partial charge in [0.05, 0.1) is 12.9 Å². The predicted molar refractivity (Wildman–Crippen MR) is 71.8 cm³/mol. The fraction of sp³-hybridized carbons (Fsp3) is 0.200. The van der Waals surface area contributed by atoms with Gasteiger partial charge in [-0.2, -0.15) is 15.0 Å². The van der Waals surface area contributed by atoms with E-state index in [1.807, 2.05) is 6.92 Å². The summed E-state index contributed by atoms with van der Waals surface area (Å²) < 4.78 is 5.22. The molecule has 0 atom stereocenters. The second kappa shape index (κ2) is 5.55. The number of halogens is 1. The Morgan fingerprint density at radius 3 is 3.00 bits per heavy atom. The molecule has 3 heterocycles. The van der Waals surface area contributed by atoms with Crippen LogP contribution in [-0.4, -0.2) is 41.5 Å². The molecule has 8 nitrogen and oxygen atoms in total. The third-order valence-corrected chi connectivity index (χ3v) is 3.25. The first-order valence-corrected chi connectivity index (χ1v) is 6.82. The van der Waals surface area contributed by atoms with E-state index < -0.39 is 0 Å². The third-order valence-electron chi connectivity index (χ3n) is 2.22. The van der Waals surface area contributed by atoms with E-state index in [0.717, 1.165) is 0 Å². The molecule has 3 rings (SSSR count). The minimum absolute atomic E-state index is 0.0702. The van der Waals surface area contributed by atoms with Crippen molar-refractivity contribution in [2.24, 2.45) is 0 Å². The zero-order valence-corrected chi connectivity index (χ0v) is 11.8. The van der Waals surface area contributed by atoms with Crippen LogP contribution in [0, 0.1) is 0 Å². The van der Waals surface area contributed by atoms with Crippen LogP contribution in [0.3, 0.4) is 0 Å². The highest BCUT2D eigenvalue weighted by atomic mass is 35.5. The predicted octanol–water partition coefficient (Wildman–Crippen LogP) is 1.74. The summed E-state index contributed by atoms with van der Waals surface area (Å²) in [5, 5.41) is 1.11. The van der Waals surface area contributed by atoms with Crippen LogP contribution in [0.4, 0.5) is 0 Å². The monoisotopic (exact) mass is 309 g/mol. The Morgan fingerprint density at radius 1 is 1.25 bits per heavy atom. The topological polar surface area (TPSA) is 102 Å². The molecule has 1 N–H and O–H groups in total. The number of fused-ring (bicyclic) bond motifs is 1. The Hall–Kier alpha value is -2.00. The van der Waals surface area contributed by atoms with Crippen LogP contribution >= 0.6 is 23.4 Å². The van der Waals surface area contributed by atoms with Crippen molar-refractivity contribution in [1.29, 1.82) is 0 Å². The maximum absolute atomic E-state index is 5.84. The molecule has 0 aromatic carbocycles. The molecule has 0 saturated carbocycles. The quantitative estimate of drug-likeness (QED) is 0.727. The van der Waals surface area contributed by atoms with Crippen molar-refractivity contribution in [3.05, 3.63) is 17.9 Å². The van der Waals surface area contributed by atoms with Crippen molar-refractivity contribution in [2.45, 2.75) is 17.1 Å². The highest BCUT2D eigenvalue weighted by Gasteiger charge is 2.12. The van der Waals surface area contributed by atoms with Crippen molar-refractivity contribution in [2.75, 3.05) is 6.61 Å². The number of hydrogen-bond acceptors (Lipinski definition) is 8. The maximum atomic E-state index is 5.84. The molecule has 3 aromatic rings. The molecule has 0 saturated heterocycles. The number of ether oxygens (including phenoxy) is 1. The second-order valence-corrected chi connectivity index (χ2v) is 4.78. The molecular weight excluding hydrogens is 302 g/mol. The molecule has 10 heteroatoms. The fourth-order valence-corrected chi connectivity index (χ4v) is 2.44. The lowest BCUT2D eigenvalue weighted by Crippen LogP contribution is -2.00. The number of imidazole rings is 1. The minimum Gasteiger partial charge on any atom is -0.464 e. The molecule has 102 valence electrons. The van der Waals surface area contributed by atoms with E-state index in [-0.39, 0.29) is 11.3 Å². The minimum atomic E-state index is 0.0702. The zero-order valence-electron chi connectivity index (χ0n) is 10.2. The van der Waals surface area contributed by atoms with Crippen LogP contribution in [0.1, 0.15) is 6.92 Å². The summed E-state index contributed by atoms with van der Waals surface area (Å²) in [6, 6.07) is 0.185. The summed E-state index contributed by atoms with van der Waals surface area (Å²) in [6.07, 6.45) is 2.98. The van der Waals surface area contributed by atoms with E-state index in [4.69, 9.17) is 16.3 Å². The van der Waals surface area contributed by atoms with Gasteiger partial charge in [-0.15, -0.1) is 0 Å². The van der Waals surface area contributed by atoms with Crippen molar-refractivity contribution < 1.29 is 4.74 Å². The van der Waals surface area contributed by atoms with Crippen LogP contribution < -0.4 is 4.74 Å². The summed E-state index contributed by atoms with van der Waals surface area (Å²) in [6.45, 7) is 2.28. The van der Waals surface area contributed by atoms with Gasteiger partial charge in [-0.05, 0) is 30.3 Å². The van der Waals surface area contributed by atoms with E-state index in [9.17, 15) is 0 Å². The fourth-order valence-electron chi connectivity index (χ4n) is 1.46. The van der Waals surface area contributed by atoms with E-state index in [2.05, 4.69) is 34.9 Å². The average molecular weight is 310 g/mol. The second-order valence-electron chi connectivity index (χ2n) is 3.48. The number of nitrogens with one attached hydrogen (secondary N) is 1. The van der Waals surface area contributed by atoms with Crippen molar-refractivity contribution in [3.63, 3.8) is 0 Å². The Balaban J connectivity index is 1.96. The van der Waals surface area contributed by atoms with E-state index >= 15 is 0 Å². The SMILES string of the molecule is CCOc1nc(Cl)nc(Sc2ncnc3nc[nH]c23)n1. The highest BCUT2D eigenvalue weighted by Crippen LogP contribution is 2.28. The molecular formula is C10H8ClN7OS. The number of H-pyrrole nitrogens is 1. The summed E-state index contributed by atoms with van der Waals surface area (Å²) >= 11 is 7.07. The van der Waals surface area contributed by atoms with Crippen LogP contribution in [-0.2, 0) is 0 Å². The van der Waals surface area contributed by atoms with E-state index in [1.54, 1.807) is 6.33 Å². The van der Waals surface area contributed by atoms with Gasteiger partial charge in [0.15, 0.2) is 5.65 Å². The van der Waals surface area contributed by atoms with Crippen LogP contribution in [0.5, 0.6) is 6.01 Å². The number of aromatic nitrogens is 7. The van der Waals surface area contributed by atoms with Crippen LogP contribution in [0.2, 0.25) is 5.28 Å². The Morgan fingerprint density at radius 2 is 2.15 bits per heavy atom. The van der Waals surface area contributed by atoms with Crippen molar-refractivity contribution >= 4 is 34.5 Å². The molecule has 0 radical (unpaired) electrons. The maximum Gasteiger partial charge on any atom is 0.321 e. The van der Waals surface area contributed by atoms with Gasteiger partial charge in [-0.1, -0.05) is 0 Å². The van der Waals surface area contributed by atoms with Crippen LogP contribution in [0.15, 0.2) is 22.8 Å². The van der Waals surface area contributed by atoms with Gasteiger partial charge < -0.3 is 9.72 Å². The Kier molecular flexibility index (Phi) is 3.61. The van der Waals surface area contributed by atoms with E-state index in [0.29, 0.717) is 28.0 Å². The van der Waals surface area contributed by atoms with Crippen LogP contribution in [0.25, 0.3) is 11.2 Å². The lowest BCUT2D eigenvalue weighted by atomic mass is 10.6. The Bertz CT molecular complexity index is 749. The molecule has 0 amide bonds. The normalized spacial score (nSPS) is 10.9. The van der Waals surface area contributed by atoms with Gasteiger partial charge in [0.1, 0.15) is 16.9 Å². The molecule has 0 spiro atoms. The van der Waals surface area contributed by atoms with Gasteiger partial charge in [0, 0.05) is 0 Å². The molecule has 0 bridgehead atoms. The third kappa shape index (κ3) is 2.63. The van der Waals surface area contributed by atoms with Gasteiger partial charge in [0.25, 0.3) is 0 Å². The molecule has 3 aromatic heterocycles. The first-order valence-electron chi connectivity index (χ1n) is 5.62. The molecule has 0 aliphatic heterocycles. The number of rotatable bonds is 4. The first kappa shape index (κ1) is 13.0. The standard InChI is InChI=1S/C10H8ClN7OS/c1-2-19-9-16-8(11)17-10(18-9)20-7-5-6(13-3-12-5)14-4-15-7/h3-4H,2H2,1H3,(H,12,13,14,15). The largest absolute Gasteiger partial charge is 0.464 e. The van der Waals surface area contributed by atoms with Crippen molar-refractivity contribution in [1.82, 2.24) is 34.9 Å². The highest BCUT2D eigenvalue weighted by molar-refractivity contribution is 7.99.